The summed E-state index contributed by atoms with van der Waals surface area (Å²) in [6, 6.07) is 34.1. The van der Waals surface area contributed by atoms with Crippen molar-refractivity contribution >= 4 is 51.2 Å². The molecule has 0 radical (unpaired) electrons. The van der Waals surface area contributed by atoms with E-state index in [1.165, 1.54) is 73.7 Å². The fourth-order valence-electron chi connectivity index (χ4n) is 5.15. The van der Waals surface area contributed by atoms with Gasteiger partial charge >= 0.3 is 0 Å². The van der Waals surface area contributed by atoms with E-state index in [0.29, 0.717) is 9.84 Å². The van der Waals surface area contributed by atoms with Crippen molar-refractivity contribution in [2.24, 2.45) is 5.92 Å². The number of alkyl halides is 1. The van der Waals surface area contributed by atoms with Gasteiger partial charge in [0.05, 0.1) is 0 Å². The molecule has 0 aliphatic heterocycles. The van der Waals surface area contributed by atoms with Crippen molar-refractivity contribution in [1.29, 1.82) is 0 Å². The molecular formula is C30H36IP. The standard InChI is InChI=1S/C30H36IP/c31-30-24-16-5-3-1-2-4-9-17-26(30)25-32(27-18-10-6-11-19-27,28-20-12-7-13-21-28)29-22-14-8-15-23-29/h6-8,10-15,18-23,25-26,30H,1-5,9,16-17,24H2. The van der Waals surface area contributed by atoms with Gasteiger partial charge in [0.25, 0.3) is 0 Å². The molecule has 168 valence electrons. The summed E-state index contributed by atoms with van der Waals surface area (Å²) >= 11 is 2.79. The molecule has 0 amide bonds. The summed E-state index contributed by atoms with van der Waals surface area (Å²) in [5.41, 5.74) is 0. The van der Waals surface area contributed by atoms with Crippen LogP contribution >= 0.6 is 29.5 Å². The molecule has 0 bridgehead atoms. The predicted molar refractivity (Wildman–Crippen MR) is 154 cm³/mol. The van der Waals surface area contributed by atoms with Gasteiger partial charge in [0.2, 0.25) is 0 Å². The van der Waals surface area contributed by atoms with Gasteiger partial charge in [-0.25, -0.2) is 0 Å². The molecule has 0 N–H and O–H groups in total. The van der Waals surface area contributed by atoms with Gasteiger partial charge < -0.3 is 0 Å². The first-order valence-corrected chi connectivity index (χ1v) is 15.5. The van der Waals surface area contributed by atoms with Crippen molar-refractivity contribution in [2.75, 3.05) is 0 Å². The predicted octanol–water partition coefficient (Wildman–Crippen LogP) is 7.73. The maximum absolute atomic E-state index is 2.85. The van der Waals surface area contributed by atoms with E-state index in [1.54, 1.807) is 0 Å². The van der Waals surface area contributed by atoms with Crippen LogP contribution in [0, 0.1) is 5.92 Å². The molecule has 0 saturated heterocycles. The van der Waals surface area contributed by atoms with Crippen molar-refractivity contribution in [3.8, 4) is 0 Å². The zero-order valence-electron chi connectivity index (χ0n) is 19.1. The van der Waals surface area contributed by atoms with Gasteiger partial charge in [-0.2, -0.15) is 0 Å². The van der Waals surface area contributed by atoms with Crippen molar-refractivity contribution in [2.45, 2.75) is 61.7 Å². The van der Waals surface area contributed by atoms with E-state index in [-0.39, 0.29) is 0 Å². The van der Waals surface area contributed by atoms with E-state index < -0.39 is 6.89 Å². The Balaban J connectivity index is 1.92. The van der Waals surface area contributed by atoms with Crippen LogP contribution in [0.4, 0.5) is 0 Å². The average Bonchev–Trinajstić information content (AvgIpc) is 2.90. The van der Waals surface area contributed by atoms with E-state index in [2.05, 4.69) is 119 Å². The maximum atomic E-state index is 2.85. The Hall–Kier alpha value is -1.31. The highest BCUT2D eigenvalue weighted by molar-refractivity contribution is 14.1. The van der Waals surface area contributed by atoms with Crippen molar-refractivity contribution < 1.29 is 0 Å². The molecule has 32 heavy (non-hydrogen) atoms. The summed E-state index contributed by atoms with van der Waals surface area (Å²) in [7, 11) is 0. The lowest BCUT2D eigenvalue weighted by atomic mass is 9.97. The van der Waals surface area contributed by atoms with E-state index >= 15 is 0 Å². The lowest BCUT2D eigenvalue weighted by Crippen LogP contribution is -2.30. The average molecular weight is 554 g/mol. The summed E-state index contributed by atoms with van der Waals surface area (Å²) in [4.78, 5) is 0. The van der Waals surface area contributed by atoms with Crippen LogP contribution in [-0.2, 0) is 0 Å². The third-order valence-electron chi connectivity index (χ3n) is 6.89. The minimum Gasteiger partial charge on any atom is -0.0820 e. The molecule has 2 heteroatoms. The Bertz CT molecular complexity index is 878. The molecule has 2 unspecified atom stereocenters. The van der Waals surface area contributed by atoms with Gasteiger partial charge in [-0.05, 0) is 41.6 Å². The summed E-state index contributed by atoms with van der Waals surface area (Å²) in [5.74, 6) is 3.49. The zero-order valence-corrected chi connectivity index (χ0v) is 22.1. The summed E-state index contributed by atoms with van der Waals surface area (Å²) in [6.07, 6.45) is 12.5. The van der Waals surface area contributed by atoms with Gasteiger partial charge in [0.1, 0.15) is 0 Å². The Morgan fingerprint density at radius 3 is 1.34 bits per heavy atom. The Labute approximate surface area is 209 Å². The van der Waals surface area contributed by atoms with Crippen LogP contribution in [0.15, 0.2) is 91.0 Å². The maximum Gasteiger partial charge on any atom is 0.0173 e. The van der Waals surface area contributed by atoms with Crippen LogP contribution in [0.25, 0.3) is 0 Å². The first kappa shape index (κ1) is 23.8. The second kappa shape index (κ2) is 12.2. The third-order valence-corrected chi connectivity index (χ3v) is 12.6. The largest absolute Gasteiger partial charge is 0.0820 e. The molecule has 1 fully saturated rings. The lowest BCUT2D eigenvalue weighted by molar-refractivity contribution is 0.545. The van der Waals surface area contributed by atoms with Crippen molar-refractivity contribution in [3.63, 3.8) is 0 Å². The highest BCUT2D eigenvalue weighted by Gasteiger charge is 2.28. The van der Waals surface area contributed by atoms with Gasteiger partial charge in [-0.1, -0.05) is 164 Å². The van der Waals surface area contributed by atoms with Crippen LogP contribution in [0.2, 0.25) is 0 Å². The van der Waals surface area contributed by atoms with Gasteiger partial charge in [-0.15, -0.1) is 0 Å². The molecule has 0 aromatic heterocycles. The van der Waals surface area contributed by atoms with Crippen LogP contribution < -0.4 is 15.9 Å². The topological polar surface area (TPSA) is 0 Å². The monoisotopic (exact) mass is 554 g/mol. The quantitative estimate of drug-likeness (QED) is 0.176. The molecular weight excluding hydrogens is 518 g/mol. The fourth-order valence-corrected chi connectivity index (χ4v) is 10.8. The van der Waals surface area contributed by atoms with Crippen LogP contribution in [0.1, 0.15) is 57.8 Å². The zero-order chi connectivity index (χ0) is 22.1. The molecule has 3 aromatic rings. The number of hydrogen-bond donors (Lipinski definition) is 0. The molecule has 3 aromatic carbocycles. The van der Waals surface area contributed by atoms with Crippen molar-refractivity contribution in [1.82, 2.24) is 0 Å². The smallest absolute Gasteiger partial charge is 0.0173 e. The van der Waals surface area contributed by atoms with E-state index in [4.69, 9.17) is 0 Å². The molecule has 0 nitrogen and oxygen atoms in total. The van der Waals surface area contributed by atoms with Gasteiger partial charge in [0.15, 0.2) is 0 Å². The van der Waals surface area contributed by atoms with Gasteiger partial charge in [-0.3, -0.25) is 0 Å². The highest BCUT2D eigenvalue weighted by atomic mass is 127. The second-order valence-electron chi connectivity index (χ2n) is 9.11. The Kier molecular flexibility index (Phi) is 9.11. The second-order valence-corrected chi connectivity index (χ2v) is 14.0. The molecule has 0 spiro atoms. The van der Waals surface area contributed by atoms with Crippen LogP contribution in [0.5, 0.6) is 0 Å². The first-order valence-electron chi connectivity index (χ1n) is 12.4. The summed E-state index contributed by atoms with van der Waals surface area (Å²) in [5, 5.41) is 4.45. The molecule has 1 aliphatic carbocycles. The Morgan fingerprint density at radius 2 is 0.906 bits per heavy atom. The van der Waals surface area contributed by atoms with Crippen LogP contribution in [-0.4, -0.2) is 9.72 Å². The minimum atomic E-state index is -1.86. The molecule has 4 rings (SSSR count). The minimum absolute atomic E-state index is 0.641. The summed E-state index contributed by atoms with van der Waals surface area (Å²) < 4.78 is 0.709. The number of hydrogen-bond acceptors (Lipinski definition) is 0. The number of halogens is 1. The van der Waals surface area contributed by atoms with Crippen LogP contribution in [0.3, 0.4) is 0 Å². The number of rotatable bonds is 4. The third kappa shape index (κ3) is 5.78. The fraction of sp³-hybridized carbons (Fsp3) is 0.367. The molecule has 1 saturated carbocycles. The van der Waals surface area contributed by atoms with Crippen molar-refractivity contribution in [3.05, 3.63) is 91.0 Å². The van der Waals surface area contributed by atoms with Gasteiger partial charge in [0, 0.05) is 3.92 Å². The first-order chi connectivity index (χ1) is 15.8. The normalized spacial score (nSPS) is 20.8. The highest BCUT2D eigenvalue weighted by Crippen LogP contribution is 2.46. The van der Waals surface area contributed by atoms with E-state index in [9.17, 15) is 0 Å². The number of benzene rings is 3. The lowest BCUT2D eigenvalue weighted by Gasteiger charge is -2.32. The molecule has 2 atom stereocenters. The van der Waals surface area contributed by atoms with E-state index in [1.807, 2.05) is 0 Å². The SMILES string of the molecule is IC1CCCCCCCCCC1C=P(c1ccccc1)(c1ccccc1)c1ccccc1. The summed E-state index contributed by atoms with van der Waals surface area (Å²) in [6.45, 7) is -1.86. The Morgan fingerprint density at radius 1 is 0.531 bits per heavy atom. The molecule has 0 heterocycles. The van der Waals surface area contributed by atoms with E-state index in [0.717, 1.165) is 0 Å². The molecule has 1 aliphatic rings.